The molecule has 15 heavy (non-hydrogen) atoms. The van der Waals surface area contributed by atoms with E-state index in [9.17, 15) is 4.79 Å². The van der Waals surface area contributed by atoms with Crippen molar-refractivity contribution >= 4 is 28.7 Å². The predicted octanol–water partition coefficient (Wildman–Crippen LogP) is 2.77. The number of carbonyl (C=O) groups is 1. The third kappa shape index (κ3) is 2.09. The highest BCUT2D eigenvalue weighted by Gasteiger charge is 2.32. The van der Waals surface area contributed by atoms with E-state index in [1.807, 2.05) is 19.9 Å². The third-order valence-corrected chi connectivity index (χ3v) is 3.47. The average molecular weight is 317 g/mol. The van der Waals surface area contributed by atoms with Crippen LogP contribution in [0.5, 0.6) is 0 Å². The molecule has 0 aromatic heterocycles. The van der Waals surface area contributed by atoms with Crippen molar-refractivity contribution in [3.8, 4) is 0 Å². The Morgan fingerprint density at radius 1 is 1.47 bits per heavy atom. The SMILES string of the molecule is Cc1ccc(I)c(C2OC(=O)NC2C)c1. The second-order valence-corrected chi connectivity index (χ2v) is 4.95. The minimum absolute atomic E-state index is 0.0350. The summed E-state index contributed by atoms with van der Waals surface area (Å²) in [5.41, 5.74) is 2.27. The summed E-state index contributed by atoms with van der Waals surface area (Å²) in [4.78, 5) is 11.1. The second-order valence-electron chi connectivity index (χ2n) is 3.78. The van der Waals surface area contributed by atoms with Gasteiger partial charge in [-0.25, -0.2) is 4.79 Å². The summed E-state index contributed by atoms with van der Waals surface area (Å²) in [5, 5.41) is 2.75. The first-order chi connectivity index (χ1) is 7.08. The molecule has 1 fully saturated rings. The highest BCUT2D eigenvalue weighted by Crippen LogP contribution is 2.30. The van der Waals surface area contributed by atoms with E-state index >= 15 is 0 Å². The van der Waals surface area contributed by atoms with Crippen LogP contribution in [0.25, 0.3) is 0 Å². The first-order valence-corrected chi connectivity index (χ1v) is 5.89. The molecule has 4 heteroatoms. The molecule has 1 aromatic carbocycles. The smallest absolute Gasteiger partial charge is 0.408 e. The summed E-state index contributed by atoms with van der Waals surface area (Å²) in [6.07, 6.45) is -0.492. The molecule has 1 N–H and O–H groups in total. The number of hydrogen-bond acceptors (Lipinski definition) is 2. The fourth-order valence-electron chi connectivity index (χ4n) is 1.73. The molecule has 1 saturated heterocycles. The molecule has 0 radical (unpaired) electrons. The predicted molar refractivity (Wildman–Crippen MR) is 65.7 cm³/mol. The van der Waals surface area contributed by atoms with Crippen molar-refractivity contribution in [2.75, 3.05) is 0 Å². The maximum absolute atomic E-state index is 11.1. The van der Waals surface area contributed by atoms with Gasteiger partial charge in [-0.3, -0.25) is 0 Å². The number of cyclic esters (lactones) is 1. The van der Waals surface area contributed by atoms with Gasteiger partial charge in [0.1, 0.15) is 6.10 Å². The van der Waals surface area contributed by atoms with E-state index in [2.05, 4.69) is 40.0 Å². The van der Waals surface area contributed by atoms with Crippen LogP contribution in [0.2, 0.25) is 0 Å². The third-order valence-electron chi connectivity index (χ3n) is 2.49. The lowest BCUT2D eigenvalue weighted by Crippen LogP contribution is -2.24. The fourth-order valence-corrected chi connectivity index (χ4v) is 2.37. The van der Waals surface area contributed by atoms with Crippen LogP contribution in [0.4, 0.5) is 4.79 Å². The minimum Gasteiger partial charge on any atom is -0.439 e. The maximum Gasteiger partial charge on any atom is 0.408 e. The summed E-state index contributed by atoms with van der Waals surface area (Å²) >= 11 is 2.26. The van der Waals surface area contributed by atoms with Gasteiger partial charge in [0.15, 0.2) is 0 Å². The summed E-state index contributed by atoms with van der Waals surface area (Å²) in [5.74, 6) is 0. The molecule has 2 rings (SSSR count). The Kier molecular flexibility index (Phi) is 2.86. The van der Waals surface area contributed by atoms with E-state index in [0.29, 0.717) is 0 Å². The Morgan fingerprint density at radius 2 is 2.20 bits per heavy atom. The Balaban J connectivity index is 2.36. The lowest BCUT2D eigenvalue weighted by atomic mass is 10.0. The van der Waals surface area contributed by atoms with Gasteiger partial charge in [0, 0.05) is 9.13 Å². The van der Waals surface area contributed by atoms with E-state index in [1.165, 1.54) is 5.56 Å². The van der Waals surface area contributed by atoms with Crippen molar-refractivity contribution in [3.63, 3.8) is 0 Å². The molecule has 1 amide bonds. The molecule has 1 aliphatic rings. The Labute approximate surface area is 102 Å². The Hall–Kier alpha value is -0.780. The van der Waals surface area contributed by atoms with Gasteiger partial charge >= 0.3 is 6.09 Å². The number of hydrogen-bond donors (Lipinski definition) is 1. The van der Waals surface area contributed by atoms with Gasteiger partial charge in [-0.2, -0.15) is 0 Å². The monoisotopic (exact) mass is 317 g/mol. The zero-order chi connectivity index (χ0) is 11.0. The van der Waals surface area contributed by atoms with Crippen molar-refractivity contribution in [2.45, 2.75) is 26.0 Å². The van der Waals surface area contributed by atoms with Crippen molar-refractivity contribution in [1.29, 1.82) is 0 Å². The van der Waals surface area contributed by atoms with E-state index in [0.717, 1.165) is 9.13 Å². The molecule has 0 bridgehead atoms. The van der Waals surface area contributed by atoms with E-state index in [1.54, 1.807) is 0 Å². The van der Waals surface area contributed by atoms with E-state index < -0.39 is 0 Å². The number of amides is 1. The number of carbonyl (C=O) groups excluding carboxylic acids is 1. The van der Waals surface area contributed by atoms with Gasteiger partial charge in [0.25, 0.3) is 0 Å². The maximum atomic E-state index is 11.1. The van der Waals surface area contributed by atoms with Gasteiger partial charge in [-0.05, 0) is 42.5 Å². The van der Waals surface area contributed by atoms with Gasteiger partial charge < -0.3 is 10.1 Å². The topological polar surface area (TPSA) is 38.3 Å². The Morgan fingerprint density at radius 3 is 2.80 bits per heavy atom. The number of ether oxygens (including phenoxy) is 1. The summed E-state index contributed by atoms with van der Waals surface area (Å²) in [7, 11) is 0. The van der Waals surface area contributed by atoms with Crippen LogP contribution >= 0.6 is 22.6 Å². The number of alkyl carbamates (subject to hydrolysis) is 1. The lowest BCUT2D eigenvalue weighted by Gasteiger charge is -2.15. The van der Waals surface area contributed by atoms with Crippen LogP contribution < -0.4 is 5.32 Å². The standard InChI is InChI=1S/C11H12INO2/c1-6-3-4-9(12)8(5-6)10-7(2)13-11(14)15-10/h3-5,7,10H,1-2H3,(H,13,14). The number of rotatable bonds is 1. The number of aryl methyl sites for hydroxylation is 1. The van der Waals surface area contributed by atoms with Crippen molar-refractivity contribution < 1.29 is 9.53 Å². The zero-order valence-electron chi connectivity index (χ0n) is 8.58. The molecular weight excluding hydrogens is 305 g/mol. The van der Waals surface area contributed by atoms with Gasteiger partial charge in [-0.15, -0.1) is 0 Å². The summed E-state index contributed by atoms with van der Waals surface area (Å²) < 4.78 is 6.37. The molecule has 0 saturated carbocycles. The average Bonchev–Trinajstić information content (AvgIpc) is 2.50. The molecule has 3 nitrogen and oxygen atoms in total. The van der Waals surface area contributed by atoms with Crippen molar-refractivity contribution in [1.82, 2.24) is 5.32 Å². The molecule has 1 aliphatic heterocycles. The van der Waals surface area contributed by atoms with Gasteiger partial charge in [-0.1, -0.05) is 17.7 Å². The number of halogens is 1. The summed E-state index contributed by atoms with van der Waals surface area (Å²) in [6, 6.07) is 6.21. The zero-order valence-corrected chi connectivity index (χ0v) is 10.7. The molecule has 1 heterocycles. The van der Waals surface area contributed by atoms with Crippen LogP contribution in [0.3, 0.4) is 0 Å². The van der Waals surface area contributed by atoms with Crippen molar-refractivity contribution in [3.05, 3.63) is 32.9 Å². The number of benzene rings is 1. The molecule has 80 valence electrons. The lowest BCUT2D eigenvalue weighted by molar-refractivity contribution is 0.133. The quantitative estimate of drug-likeness (QED) is 0.809. The van der Waals surface area contributed by atoms with Crippen molar-refractivity contribution in [2.24, 2.45) is 0 Å². The highest BCUT2D eigenvalue weighted by atomic mass is 127. The minimum atomic E-state index is -0.329. The molecule has 1 aromatic rings. The second kappa shape index (κ2) is 4.00. The van der Waals surface area contributed by atoms with Crippen LogP contribution in [0.1, 0.15) is 24.2 Å². The van der Waals surface area contributed by atoms with Gasteiger partial charge in [0.2, 0.25) is 0 Å². The number of nitrogens with one attached hydrogen (secondary N) is 1. The van der Waals surface area contributed by atoms with Crippen LogP contribution in [0.15, 0.2) is 18.2 Å². The largest absolute Gasteiger partial charge is 0.439 e. The molecule has 0 spiro atoms. The van der Waals surface area contributed by atoms with Crippen LogP contribution in [0, 0.1) is 10.5 Å². The molecular formula is C11H12INO2. The van der Waals surface area contributed by atoms with E-state index in [4.69, 9.17) is 4.74 Å². The first kappa shape index (κ1) is 10.7. The molecule has 2 unspecified atom stereocenters. The Bertz CT molecular complexity index is 406. The first-order valence-electron chi connectivity index (χ1n) is 4.81. The normalized spacial score (nSPS) is 24.9. The molecule has 2 atom stereocenters. The molecule has 0 aliphatic carbocycles. The highest BCUT2D eigenvalue weighted by molar-refractivity contribution is 14.1. The fraction of sp³-hybridized carbons (Fsp3) is 0.364. The van der Waals surface area contributed by atoms with E-state index in [-0.39, 0.29) is 18.2 Å². The van der Waals surface area contributed by atoms with Crippen LogP contribution in [-0.4, -0.2) is 12.1 Å². The van der Waals surface area contributed by atoms with Crippen LogP contribution in [-0.2, 0) is 4.74 Å². The van der Waals surface area contributed by atoms with Gasteiger partial charge in [0.05, 0.1) is 6.04 Å². The summed E-state index contributed by atoms with van der Waals surface area (Å²) in [6.45, 7) is 3.99.